The standard InChI is InChI=1S/C18H18N4O4/c1-10(2)14-8-13(16-11(3)21-26-18(16)20-14)17(23)19-9-12-6-4-5-7-15(12)22(24)25/h4-8,10H,9H2,1-3H3,(H,19,23). The third-order valence-electron chi connectivity index (χ3n) is 4.10. The Balaban J connectivity index is 1.93. The minimum absolute atomic E-state index is 0.0308. The van der Waals surface area contributed by atoms with E-state index in [4.69, 9.17) is 4.52 Å². The number of rotatable bonds is 5. The molecule has 1 amide bonds. The van der Waals surface area contributed by atoms with Gasteiger partial charge >= 0.3 is 0 Å². The molecular formula is C18H18N4O4. The first-order valence-corrected chi connectivity index (χ1v) is 8.16. The number of aromatic nitrogens is 2. The summed E-state index contributed by atoms with van der Waals surface area (Å²) in [6.07, 6.45) is 0. The van der Waals surface area contributed by atoms with Crippen LogP contribution >= 0.6 is 0 Å². The second-order valence-electron chi connectivity index (χ2n) is 6.27. The first-order valence-electron chi connectivity index (χ1n) is 8.16. The van der Waals surface area contributed by atoms with Gasteiger partial charge in [0, 0.05) is 23.9 Å². The summed E-state index contributed by atoms with van der Waals surface area (Å²) < 4.78 is 5.21. The first-order chi connectivity index (χ1) is 12.4. The highest BCUT2D eigenvalue weighted by Gasteiger charge is 2.20. The van der Waals surface area contributed by atoms with Crippen molar-refractivity contribution in [3.05, 3.63) is 63.0 Å². The van der Waals surface area contributed by atoms with Crippen LogP contribution in [0.4, 0.5) is 5.69 Å². The Morgan fingerprint density at radius 2 is 2.08 bits per heavy atom. The molecule has 26 heavy (non-hydrogen) atoms. The van der Waals surface area contributed by atoms with E-state index in [1.807, 2.05) is 13.8 Å². The minimum Gasteiger partial charge on any atom is -0.348 e. The number of pyridine rings is 1. The molecule has 3 rings (SSSR count). The Bertz CT molecular complexity index is 994. The SMILES string of the molecule is Cc1noc2nc(C(C)C)cc(C(=O)NCc3ccccc3[N+](=O)[O-])c12. The molecule has 0 bridgehead atoms. The summed E-state index contributed by atoms with van der Waals surface area (Å²) in [6, 6.07) is 8.02. The van der Waals surface area contributed by atoms with E-state index in [1.165, 1.54) is 6.07 Å². The number of hydrogen-bond acceptors (Lipinski definition) is 6. The predicted molar refractivity (Wildman–Crippen MR) is 94.9 cm³/mol. The average Bonchev–Trinajstić information content (AvgIpc) is 3.00. The lowest BCUT2D eigenvalue weighted by molar-refractivity contribution is -0.385. The topological polar surface area (TPSA) is 111 Å². The molecule has 0 atom stereocenters. The number of benzene rings is 1. The zero-order valence-electron chi connectivity index (χ0n) is 14.6. The van der Waals surface area contributed by atoms with Crippen molar-refractivity contribution in [1.29, 1.82) is 0 Å². The summed E-state index contributed by atoms with van der Waals surface area (Å²) in [5.41, 5.74) is 2.39. The average molecular weight is 354 g/mol. The highest BCUT2D eigenvalue weighted by Crippen LogP contribution is 2.25. The molecule has 2 aromatic heterocycles. The van der Waals surface area contributed by atoms with Crippen molar-refractivity contribution >= 4 is 22.7 Å². The summed E-state index contributed by atoms with van der Waals surface area (Å²) >= 11 is 0. The molecule has 0 aliphatic rings. The molecule has 0 spiro atoms. The van der Waals surface area contributed by atoms with Crippen molar-refractivity contribution in [1.82, 2.24) is 15.5 Å². The Labute approximate surface area is 149 Å². The monoisotopic (exact) mass is 354 g/mol. The van der Waals surface area contributed by atoms with Crippen LogP contribution in [-0.4, -0.2) is 21.0 Å². The van der Waals surface area contributed by atoms with Gasteiger partial charge in [-0.2, -0.15) is 0 Å². The molecule has 134 valence electrons. The Hall–Kier alpha value is -3.29. The van der Waals surface area contributed by atoms with Crippen LogP contribution in [0.5, 0.6) is 0 Å². The lowest BCUT2D eigenvalue weighted by Crippen LogP contribution is -2.24. The van der Waals surface area contributed by atoms with E-state index in [1.54, 1.807) is 31.2 Å². The van der Waals surface area contributed by atoms with Crippen molar-refractivity contribution in [2.75, 3.05) is 0 Å². The number of amides is 1. The van der Waals surface area contributed by atoms with E-state index >= 15 is 0 Å². The number of nitrogens with zero attached hydrogens (tertiary/aromatic N) is 3. The van der Waals surface area contributed by atoms with Crippen LogP contribution in [0.2, 0.25) is 0 Å². The van der Waals surface area contributed by atoms with Crippen LogP contribution in [0.1, 0.15) is 47.1 Å². The van der Waals surface area contributed by atoms with Gasteiger partial charge in [-0.25, -0.2) is 4.98 Å². The van der Waals surface area contributed by atoms with Crippen molar-refractivity contribution in [3.8, 4) is 0 Å². The first kappa shape index (κ1) is 17.5. The fourth-order valence-electron chi connectivity index (χ4n) is 2.70. The van der Waals surface area contributed by atoms with Gasteiger partial charge < -0.3 is 9.84 Å². The summed E-state index contributed by atoms with van der Waals surface area (Å²) in [5.74, 6) is -0.254. The van der Waals surface area contributed by atoms with Crippen LogP contribution in [-0.2, 0) is 6.54 Å². The van der Waals surface area contributed by atoms with Crippen LogP contribution in [0, 0.1) is 17.0 Å². The molecule has 0 aliphatic heterocycles. The Kier molecular flexibility index (Phi) is 4.66. The summed E-state index contributed by atoms with van der Waals surface area (Å²) in [5, 5.41) is 18.3. The maximum atomic E-state index is 12.8. The molecule has 8 nitrogen and oxygen atoms in total. The van der Waals surface area contributed by atoms with Gasteiger partial charge in [0.2, 0.25) is 0 Å². The number of aryl methyl sites for hydroxylation is 1. The highest BCUT2D eigenvalue weighted by atomic mass is 16.6. The lowest BCUT2D eigenvalue weighted by Gasteiger charge is -2.10. The van der Waals surface area contributed by atoms with Gasteiger partial charge in [0.1, 0.15) is 0 Å². The van der Waals surface area contributed by atoms with Gasteiger partial charge in [0.15, 0.2) is 0 Å². The summed E-state index contributed by atoms with van der Waals surface area (Å²) in [7, 11) is 0. The highest BCUT2D eigenvalue weighted by molar-refractivity contribution is 6.06. The second-order valence-corrected chi connectivity index (χ2v) is 6.27. The molecule has 0 radical (unpaired) electrons. The van der Waals surface area contributed by atoms with Gasteiger partial charge in [0.25, 0.3) is 17.3 Å². The molecule has 2 heterocycles. The number of carbonyl (C=O) groups excluding carboxylic acids is 1. The predicted octanol–water partition coefficient (Wildman–Crippen LogP) is 3.49. The number of nitrogens with one attached hydrogen (secondary N) is 1. The zero-order chi connectivity index (χ0) is 18.8. The summed E-state index contributed by atoms with van der Waals surface area (Å²) in [6.45, 7) is 5.71. The number of fused-ring (bicyclic) bond motifs is 1. The quantitative estimate of drug-likeness (QED) is 0.554. The molecular weight excluding hydrogens is 336 g/mol. The second kappa shape index (κ2) is 6.91. The van der Waals surface area contributed by atoms with E-state index in [0.717, 1.165) is 0 Å². The van der Waals surface area contributed by atoms with E-state index in [-0.39, 0.29) is 24.1 Å². The minimum atomic E-state index is -0.465. The van der Waals surface area contributed by atoms with Crippen LogP contribution in [0.15, 0.2) is 34.9 Å². The molecule has 1 N–H and O–H groups in total. The molecule has 0 saturated heterocycles. The third-order valence-corrected chi connectivity index (χ3v) is 4.10. The third kappa shape index (κ3) is 3.26. The van der Waals surface area contributed by atoms with Gasteiger partial charge in [-0.1, -0.05) is 37.2 Å². The molecule has 3 aromatic rings. The fraction of sp³-hybridized carbons (Fsp3) is 0.278. The number of nitro benzene ring substituents is 1. The van der Waals surface area contributed by atoms with Crippen molar-refractivity contribution < 1.29 is 14.2 Å². The smallest absolute Gasteiger partial charge is 0.274 e. The number of para-hydroxylation sites is 1. The van der Waals surface area contributed by atoms with E-state index in [0.29, 0.717) is 33.6 Å². The van der Waals surface area contributed by atoms with E-state index in [2.05, 4.69) is 15.5 Å². The fourth-order valence-corrected chi connectivity index (χ4v) is 2.70. The van der Waals surface area contributed by atoms with Gasteiger partial charge in [-0.15, -0.1) is 0 Å². The van der Waals surface area contributed by atoms with E-state index in [9.17, 15) is 14.9 Å². The Morgan fingerprint density at radius 3 is 2.77 bits per heavy atom. The van der Waals surface area contributed by atoms with Crippen LogP contribution < -0.4 is 5.32 Å². The van der Waals surface area contributed by atoms with Crippen LogP contribution in [0.25, 0.3) is 11.1 Å². The molecule has 0 aliphatic carbocycles. The normalized spacial score (nSPS) is 11.1. The van der Waals surface area contributed by atoms with Crippen molar-refractivity contribution in [2.45, 2.75) is 33.2 Å². The number of nitro groups is 1. The molecule has 0 unspecified atom stereocenters. The summed E-state index contributed by atoms with van der Waals surface area (Å²) in [4.78, 5) is 27.8. The molecule has 0 saturated carbocycles. The Morgan fingerprint density at radius 1 is 1.35 bits per heavy atom. The number of carbonyl (C=O) groups is 1. The molecule has 0 fully saturated rings. The van der Waals surface area contributed by atoms with Gasteiger partial charge in [0.05, 0.1) is 21.6 Å². The molecule has 1 aromatic carbocycles. The van der Waals surface area contributed by atoms with Crippen molar-refractivity contribution in [2.24, 2.45) is 0 Å². The lowest BCUT2D eigenvalue weighted by atomic mass is 10.0. The van der Waals surface area contributed by atoms with Gasteiger partial charge in [-0.05, 0) is 18.9 Å². The van der Waals surface area contributed by atoms with Gasteiger partial charge in [-0.3, -0.25) is 14.9 Å². The maximum absolute atomic E-state index is 12.8. The van der Waals surface area contributed by atoms with Crippen molar-refractivity contribution in [3.63, 3.8) is 0 Å². The maximum Gasteiger partial charge on any atom is 0.274 e. The van der Waals surface area contributed by atoms with Crippen LogP contribution in [0.3, 0.4) is 0 Å². The number of hydrogen-bond donors (Lipinski definition) is 1. The largest absolute Gasteiger partial charge is 0.348 e. The van der Waals surface area contributed by atoms with E-state index < -0.39 is 4.92 Å². The zero-order valence-corrected chi connectivity index (χ0v) is 14.6. The molecule has 8 heteroatoms.